The van der Waals surface area contributed by atoms with Crippen LogP contribution < -0.4 is 11.3 Å². The summed E-state index contributed by atoms with van der Waals surface area (Å²) in [7, 11) is 0. The summed E-state index contributed by atoms with van der Waals surface area (Å²) in [5.41, 5.74) is 6.75. The number of nitrogens with one attached hydrogen (secondary N) is 1. The number of nitrogens with zero attached hydrogens (tertiary/aromatic N) is 1. The molecule has 6 heteroatoms. The maximum absolute atomic E-state index is 11.5. The third-order valence-electron chi connectivity index (χ3n) is 2.45. The zero-order valence-corrected chi connectivity index (χ0v) is 10.3. The number of anilines is 1. The van der Waals surface area contributed by atoms with Gasteiger partial charge in [-0.25, -0.2) is 9.78 Å². The standard InChI is InChI=1S/C13H13N3O3/c1-2-19-12(18)9-5-3-8(4-6-9)10-7-11(17)16-13(14)15-10/h3-7H,2H2,1H3,(H3,14,15,16,17). The highest BCUT2D eigenvalue weighted by atomic mass is 16.5. The van der Waals surface area contributed by atoms with Crippen molar-refractivity contribution in [3.63, 3.8) is 0 Å². The fourth-order valence-electron chi connectivity index (χ4n) is 1.62. The molecule has 0 bridgehead atoms. The van der Waals surface area contributed by atoms with E-state index in [2.05, 4.69) is 9.97 Å². The number of aromatic nitrogens is 2. The molecule has 0 fully saturated rings. The Morgan fingerprint density at radius 3 is 2.63 bits per heavy atom. The Balaban J connectivity index is 2.32. The van der Waals surface area contributed by atoms with Gasteiger partial charge in [0.15, 0.2) is 0 Å². The topological polar surface area (TPSA) is 98.1 Å². The van der Waals surface area contributed by atoms with Gasteiger partial charge in [-0.15, -0.1) is 0 Å². The zero-order valence-electron chi connectivity index (χ0n) is 10.3. The smallest absolute Gasteiger partial charge is 0.338 e. The second-order valence-electron chi connectivity index (χ2n) is 3.81. The van der Waals surface area contributed by atoms with Crippen LogP contribution in [0.4, 0.5) is 5.95 Å². The van der Waals surface area contributed by atoms with E-state index in [1.54, 1.807) is 31.2 Å². The number of carbonyl (C=O) groups is 1. The number of hydrogen-bond donors (Lipinski definition) is 2. The van der Waals surface area contributed by atoms with E-state index in [9.17, 15) is 9.59 Å². The van der Waals surface area contributed by atoms with Gasteiger partial charge >= 0.3 is 5.97 Å². The molecular weight excluding hydrogens is 246 g/mol. The lowest BCUT2D eigenvalue weighted by molar-refractivity contribution is 0.0526. The van der Waals surface area contributed by atoms with Crippen molar-refractivity contribution in [1.82, 2.24) is 9.97 Å². The molecule has 2 aromatic rings. The Bertz CT molecular complexity index is 647. The number of hydrogen-bond acceptors (Lipinski definition) is 5. The maximum Gasteiger partial charge on any atom is 0.338 e. The lowest BCUT2D eigenvalue weighted by atomic mass is 10.1. The van der Waals surface area contributed by atoms with Crippen molar-refractivity contribution in [2.45, 2.75) is 6.92 Å². The molecule has 3 N–H and O–H groups in total. The molecular formula is C13H13N3O3. The highest BCUT2D eigenvalue weighted by molar-refractivity contribution is 5.89. The van der Waals surface area contributed by atoms with E-state index in [0.29, 0.717) is 23.4 Å². The van der Waals surface area contributed by atoms with Crippen LogP contribution in [0.15, 0.2) is 35.1 Å². The maximum atomic E-state index is 11.5. The molecule has 0 atom stereocenters. The predicted octanol–water partition coefficient (Wildman–Crippen LogP) is 1.20. The quantitative estimate of drug-likeness (QED) is 0.807. The van der Waals surface area contributed by atoms with Crippen molar-refractivity contribution in [3.8, 4) is 11.3 Å². The molecule has 0 radical (unpaired) electrons. The SMILES string of the molecule is CCOC(=O)c1ccc(-c2cc(=O)[nH]c(N)n2)cc1. The third-order valence-corrected chi connectivity index (χ3v) is 2.45. The molecule has 1 aromatic carbocycles. The Morgan fingerprint density at radius 1 is 1.37 bits per heavy atom. The van der Waals surface area contributed by atoms with E-state index < -0.39 is 0 Å². The van der Waals surface area contributed by atoms with Crippen molar-refractivity contribution in [3.05, 3.63) is 46.2 Å². The van der Waals surface area contributed by atoms with Crippen LogP contribution in [0.25, 0.3) is 11.3 Å². The lowest BCUT2D eigenvalue weighted by Crippen LogP contribution is -2.10. The molecule has 0 unspecified atom stereocenters. The first-order valence-electron chi connectivity index (χ1n) is 5.74. The van der Waals surface area contributed by atoms with Gasteiger partial charge in [-0.3, -0.25) is 9.78 Å². The summed E-state index contributed by atoms with van der Waals surface area (Å²) in [6.07, 6.45) is 0. The van der Waals surface area contributed by atoms with Crippen molar-refractivity contribution in [1.29, 1.82) is 0 Å². The average molecular weight is 259 g/mol. The van der Waals surface area contributed by atoms with Gasteiger partial charge in [0.05, 0.1) is 17.9 Å². The predicted molar refractivity (Wildman–Crippen MR) is 70.7 cm³/mol. The number of benzene rings is 1. The molecule has 0 aliphatic carbocycles. The van der Waals surface area contributed by atoms with Gasteiger partial charge in [-0.2, -0.15) is 0 Å². The van der Waals surface area contributed by atoms with E-state index in [-0.39, 0.29) is 17.5 Å². The van der Waals surface area contributed by atoms with E-state index in [1.165, 1.54) is 6.07 Å². The van der Waals surface area contributed by atoms with E-state index >= 15 is 0 Å². The first-order valence-corrected chi connectivity index (χ1v) is 5.74. The van der Waals surface area contributed by atoms with E-state index in [0.717, 1.165) is 0 Å². The van der Waals surface area contributed by atoms with Crippen LogP contribution in [0.2, 0.25) is 0 Å². The van der Waals surface area contributed by atoms with Crippen LogP contribution in [-0.4, -0.2) is 22.5 Å². The Hall–Kier alpha value is -2.63. The first kappa shape index (κ1) is 12.8. The van der Waals surface area contributed by atoms with Crippen molar-refractivity contribution < 1.29 is 9.53 Å². The Morgan fingerprint density at radius 2 is 2.05 bits per heavy atom. The highest BCUT2D eigenvalue weighted by Gasteiger charge is 2.07. The molecule has 1 aromatic heterocycles. The fraction of sp³-hybridized carbons (Fsp3) is 0.154. The molecule has 0 aliphatic rings. The van der Waals surface area contributed by atoms with Crippen molar-refractivity contribution >= 4 is 11.9 Å². The number of aromatic amines is 1. The minimum absolute atomic E-state index is 0.0527. The normalized spacial score (nSPS) is 10.2. The van der Waals surface area contributed by atoms with Gasteiger partial charge in [0.1, 0.15) is 0 Å². The molecule has 0 spiro atoms. The van der Waals surface area contributed by atoms with Crippen LogP contribution in [0.3, 0.4) is 0 Å². The summed E-state index contributed by atoms with van der Waals surface area (Å²) in [5, 5.41) is 0. The Labute approximate surface area is 109 Å². The van der Waals surface area contributed by atoms with Gasteiger partial charge in [-0.05, 0) is 19.1 Å². The summed E-state index contributed by atoms with van der Waals surface area (Å²) in [4.78, 5) is 29.2. The van der Waals surface area contributed by atoms with Gasteiger partial charge in [0.25, 0.3) is 5.56 Å². The van der Waals surface area contributed by atoms with Gasteiger partial charge in [-0.1, -0.05) is 12.1 Å². The van der Waals surface area contributed by atoms with Crippen LogP contribution in [-0.2, 0) is 4.74 Å². The first-order chi connectivity index (χ1) is 9.10. The molecule has 0 aliphatic heterocycles. The number of ether oxygens (including phenoxy) is 1. The molecule has 0 amide bonds. The summed E-state index contributed by atoms with van der Waals surface area (Å²) in [6.45, 7) is 2.07. The number of esters is 1. The lowest BCUT2D eigenvalue weighted by Gasteiger charge is -2.04. The second kappa shape index (κ2) is 5.34. The molecule has 98 valence electrons. The molecule has 0 saturated carbocycles. The van der Waals surface area contributed by atoms with Crippen LogP contribution >= 0.6 is 0 Å². The van der Waals surface area contributed by atoms with Crippen LogP contribution in [0.1, 0.15) is 17.3 Å². The second-order valence-corrected chi connectivity index (χ2v) is 3.81. The number of H-pyrrole nitrogens is 1. The molecule has 2 rings (SSSR count). The van der Waals surface area contributed by atoms with Crippen LogP contribution in [0.5, 0.6) is 0 Å². The third kappa shape index (κ3) is 2.98. The summed E-state index contributed by atoms with van der Waals surface area (Å²) in [5.74, 6) is -0.329. The minimum Gasteiger partial charge on any atom is -0.462 e. The van der Waals surface area contributed by atoms with Gasteiger partial charge in [0, 0.05) is 11.6 Å². The van der Waals surface area contributed by atoms with E-state index in [4.69, 9.17) is 10.5 Å². The Kier molecular flexibility index (Phi) is 3.61. The zero-order chi connectivity index (χ0) is 13.8. The monoisotopic (exact) mass is 259 g/mol. The minimum atomic E-state index is -0.382. The number of nitrogen functional groups attached to an aromatic ring is 1. The molecule has 0 saturated heterocycles. The number of carbonyl (C=O) groups excluding carboxylic acids is 1. The number of nitrogens with two attached hydrogens (primary N) is 1. The summed E-state index contributed by atoms with van der Waals surface area (Å²) < 4.78 is 4.88. The van der Waals surface area contributed by atoms with Gasteiger partial charge in [0.2, 0.25) is 5.95 Å². The molecule has 6 nitrogen and oxygen atoms in total. The van der Waals surface area contributed by atoms with Crippen molar-refractivity contribution in [2.75, 3.05) is 12.3 Å². The largest absolute Gasteiger partial charge is 0.462 e. The van der Waals surface area contributed by atoms with Crippen molar-refractivity contribution in [2.24, 2.45) is 0 Å². The fourth-order valence-corrected chi connectivity index (χ4v) is 1.62. The molecule has 1 heterocycles. The van der Waals surface area contributed by atoms with E-state index in [1.807, 2.05) is 0 Å². The number of rotatable bonds is 3. The highest BCUT2D eigenvalue weighted by Crippen LogP contribution is 2.17. The molecule has 19 heavy (non-hydrogen) atoms. The van der Waals surface area contributed by atoms with Gasteiger partial charge < -0.3 is 10.5 Å². The summed E-state index contributed by atoms with van der Waals surface area (Å²) >= 11 is 0. The summed E-state index contributed by atoms with van der Waals surface area (Å²) in [6, 6.07) is 7.95. The van der Waals surface area contributed by atoms with Crippen LogP contribution in [0, 0.1) is 0 Å². The average Bonchev–Trinajstić information content (AvgIpc) is 2.38.